The van der Waals surface area contributed by atoms with Crippen molar-refractivity contribution in [2.24, 2.45) is 11.8 Å². The van der Waals surface area contributed by atoms with Crippen LogP contribution in [0.2, 0.25) is 0 Å². The van der Waals surface area contributed by atoms with Crippen molar-refractivity contribution in [3.63, 3.8) is 0 Å². The first-order valence-corrected chi connectivity index (χ1v) is 11.5. The molecule has 1 saturated carbocycles. The molecule has 3 aliphatic rings. The molecule has 0 radical (unpaired) electrons. The monoisotopic (exact) mass is 442 g/mol. The molecule has 3 N–H and O–H groups in total. The summed E-state index contributed by atoms with van der Waals surface area (Å²) in [5.74, 6) is 3.10. The van der Waals surface area contributed by atoms with Crippen LogP contribution >= 0.6 is 11.9 Å². The van der Waals surface area contributed by atoms with Crippen molar-refractivity contribution in [3.8, 4) is 0 Å². The van der Waals surface area contributed by atoms with E-state index in [0.717, 1.165) is 24.2 Å². The maximum absolute atomic E-state index is 13.8. The fourth-order valence-electron chi connectivity index (χ4n) is 4.55. The first kappa shape index (κ1) is 23.4. The first-order valence-electron chi connectivity index (χ1n) is 10.7. The van der Waals surface area contributed by atoms with Crippen molar-refractivity contribution in [3.05, 3.63) is 47.9 Å². The Balaban J connectivity index is 0.000000269. The Morgan fingerprint density at radius 1 is 1.17 bits per heavy atom. The second-order valence-corrected chi connectivity index (χ2v) is 10.1. The number of hydrogen-bond acceptors (Lipinski definition) is 5. The maximum Gasteiger partial charge on any atom is 0.161 e. The fraction of sp³-hybridized carbons (Fsp3) is 0.636. The van der Waals surface area contributed by atoms with E-state index in [2.05, 4.69) is 28.3 Å². The van der Waals surface area contributed by atoms with E-state index in [9.17, 15) is 13.2 Å². The van der Waals surface area contributed by atoms with E-state index in [1.54, 1.807) is 0 Å². The number of nitrogens with one attached hydrogen (secondary N) is 1. The van der Waals surface area contributed by atoms with Crippen LogP contribution in [0.15, 0.2) is 24.9 Å². The van der Waals surface area contributed by atoms with E-state index in [4.69, 9.17) is 5.84 Å². The molecule has 0 amide bonds. The minimum absolute atomic E-state index is 0.129. The predicted molar refractivity (Wildman–Crippen MR) is 117 cm³/mol. The number of nitrogens with zero attached hydrogens (tertiary/aromatic N) is 2. The Labute approximate surface area is 182 Å². The number of rotatable bonds is 7. The SMILES string of the molecule is C=CN(C)SC1CC1.CN1C2CCC1CC(C(Cc1cc(F)c(F)cc1F)NN)C2. The van der Waals surface area contributed by atoms with E-state index < -0.39 is 17.5 Å². The molecular formula is C22H33F3N4S. The Morgan fingerprint density at radius 2 is 1.77 bits per heavy atom. The molecule has 168 valence electrons. The van der Waals surface area contributed by atoms with Crippen molar-refractivity contribution in [2.45, 2.75) is 68.3 Å². The Morgan fingerprint density at radius 3 is 2.30 bits per heavy atom. The van der Waals surface area contributed by atoms with Gasteiger partial charge in [-0.15, -0.1) is 0 Å². The smallest absolute Gasteiger partial charge is 0.161 e. The number of piperidine rings is 1. The molecule has 1 aliphatic carbocycles. The molecule has 3 fully saturated rings. The molecule has 30 heavy (non-hydrogen) atoms. The molecule has 2 heterocycles. The highest BCUT2D eigenvalue weighted by molar-refractivity contribution is 7.97. The third-order valence-electron chi connectivity index (χ3n) is 6.54. The van der Waals surface area contributed by atoms with E-state index in [0.29, 0.717) is 24.1 Å². The summed E-state index contributed by atoms with van der Waals surface area (Å²) in [6.07, 6.45) is 9.30. The number of hydrazine groups is 1. The van der Waals surface area contributed by atoms with Crippen LogP contribution in [-0.4, -0.2) is 46.7 Å². The summed E-state index contributed by atoms with van der Waals surface area (Å²) in [7, 11) is 4.19. The molecule has 0 spiro atoms. The van der Waals surface area contributed by atoms with Gasteiger partial charge in [0.1, 0.15) is 5.82 Å². The molecule has 0 aromatic heterocycles. The lowest BCUT2D eigenvalue weighted by Gasteiger charge is -2.39. The molecule has 4 nitrogen and oxygen atoms in total. The van der Waals surface area contributed by atoms with Gasteiger partial charge < -0.3 is 9.21 Å². The Bertz CT molecular complexity index is 717. The minimum Gasteiger partial charge on any atom is -0.327 e. The average Bonchev–Trinajstić information content (AvgIpc) is 3.51. The van der Waals surface area contributed by atoms with Gasteiger partial charge in [-0.25, -0.2) is 13.2 Å². The zero-order valence-corrected chi connectivity index (χ0v) is 18.6. The van der Waals surface area contributed by atoms with Gasteiger partial charge in [0.2, 0.25) is 0 Å². The number of nitrogens with two attached hydrogens (primary N) is 1. The van der Waals surface area contributed by atoms with Crippen molar-refractivity contribution in [1.82, 2.24) is 14.6 Å². The van der Waals surface area contributed by atoms with Gasteiger partial charge >= 0.3 is 0 Å². The van der Waals surface area contributed by atoms with Crippen LogP contribution in [0.1, 0.15) is 44.1 Å². The van der Waals surface area contributed by atoms with Crippen LogP contribution in [0.25, 0.3) is 0 Å². The normalized spacial score (nSPS) is 26.7. The van der Waals surface area contributed by atoms with Crippen LogP contribution < -0.4 is 11.3 Å². The number of benzene rings is 1. The van der Waals surface area contributed by atoms with Crippen molar-refractivity contribution in [1.29, 1.82) is 0 Å². The second kappa shape index (κ2) is 10.4. The lowest BCUT2D eigenvalue weighted by Crippen LogP contribution is -2.49. The van der Waals surface area contributed by atoms with Crippen LogP contribution in [0.4, 0.5) is 13.2 Å². The van der Waals surface area contributed by atoms with Gasteiger partial charge in [0.25, 0.3) is 0 Å². The molecular weight excluding hydrogens is 409 g/mol. The first-order chi connectivity index (χ1) is 14.3. The highest BCUT2D eigenvalue weighted by Gasteiger charge is 2.40. The fourth-order valence-corrected chi connectivity index (χ4v) is 5.46. The molecule has 2 saturated heterocycles. The van der Waals surface area contributed by atoms with Crippen molar-refractivity contribution >= 4 is 11.9 Å². The topological polar surface area (TPSA) is 44.5 Å². The summed E-state index contributed by atoms with van der Waals surface area (Å²) in [6, 6.07) is 2.52. The van der Waals surface area contributed by atoms with E-state index in [1.807, 2.05) is 25.2 Å². The van der Waals surface area contributed by atoms with Crippen LogP contribution in [0, 0.1) is 23.4 Å². The van der Waals surface area contributed by atoms with Gasteiger partial charge in [-0.2, -0.15) is 0 Å². The Kier molecular flexibility index (Phi) is 8.12. The molecule has 3 atom stereocenters. The van der Waals surface area contributed by atoms with E-state index in [-0.39, 0.29) is 18.0 Å². The highest BCUT2D eigenvalue weighted by atomic mass is 32.2. The number of hydrogen-bond donors (Lipinski definition) is 2. The number of fused-ring (bicyclic) bond motifs is 2. The van der Waals surface area contributed by atoms with Gasteiger partial charge in [-0.3, -0.25) is 11.3 Å². The minimum atomic E-state index is -1.16. The predicted octanol–water partition coefficient (Wildman–Crippen LogP) is 4.22. The van der Waals surface area contributed by atoms with Crippen LogP contribution in [-0.2, 0) is 6.42 Å². The van der Waals surface area contributed by atoms with E-state index >= 15 is 0 Å². The molecule has 4 rings (SSSR count). The molecule has 3 unspecified atom stereocenters. The lowest BCUT2D eigenvalue weighted by molar-refractivity contribution is 0.112. The zero-order chi connectivity index (χ0) is 21.8. The molecule has 1 aromatic carbocycles. The highest BCUT2D eigenvalue weighted by Crippen LogP contribution is 2.39. The number of halogens is 3. The molecule has 2 aliphatic heterocycles. The maximum atomic E-state index is 13.8. The third-order valence-corrected chi connectivity index (χ3v) is 7.79. The van der Waals surface area contributed by atoms with Crippen LogP contribution in [0.5, 0.6) is 0 Å². The van der Waals surface area contributed by atoms with Gasteiger partial charge in [-0.1, -0.05) is 6.58 Å². The van der Waals surface area contributed by atoms with Gasteiger partial charge in [-0.05, 0) is 81.5 Å². The molecule has 1 aromatic rings. The summed E-state index contributed by atoms with van der Waals surface area (Å²) in [4.78, 5) is 2.42. The molecule has 2 bridgehead atoms. The summed E-state index contributed by atoms with van der Waals surface area (Å²) in [5, 5.41) is 0.901. The Hall–Kier alpha value is -1.22. The van der Waals surface area contributed by atoms with Crippen LogP contribution in [0.3, 0.4) is 0 Å². The largest absolute Gasteiger partial charge is 0.327 e. The standard InChI is InChI=1S/C16H22F3N3.C6H11NS/c1-22-11-2-3-12(22)5-10(4-11)16(21-20)7-9-6-14(18)15(19)8-13(9)17;1-3-7(2)8-6-4-5-6/h6,8,10-12,16,21H,2-5,7,20H2,1H3;3,6H,1,4-5H2,2H3. The second-order valence-electron chi connectivity index (χ2n) is 8.65. The quantitative estimate of drug-likeness (QED) is 0.286. The molecule has 8 heteroatoms. The van der Waals surface area contributed by atoms with Crippen molar-refractivity contribution in [2.75, 3.05) is 14.1 Å². The summed E-state index contributed by atoms with van der Waals surface area (Å²) >= 11 is 1.88. The third kappa shape index (κ3) is 5.93. The summed E-state index contributed by atoms with van der Waals surface area (Å²) in [5.41, 5.74) is 2.94. The lowest BCUT2D eigenvalue weighted by atomic mass is 9.83. The summed E-state index contributed by atoms with van der Waals surface area (Å²) in [6.45, 7) is 3.65. The zero-order valence-electron chi connectivity index (χ0n) is 17.8. The van der Waals surface area contributed by atoms with Gasteiger partial charge in [0.05, 0.1) is 0 Å². The van der Waals surface area contributed by atoms with Crippen molar-refractivity contribution < 1.29 is 13.2 Å². The van der Waals surface area contributed by atoms with E-state index in [1.165, 1.54) is 25.7 Å². The van der Waals surface area contributed by atoms with Gasteiger partial charge in [0.15, 0.2) is 11.6 Å². The average molecular weight is 443 g/mol. The van der Waals surface area contributed by atoms with Gasteiger partial charge in [0, 0.05) is 42.7 Å². The summed E-state index contributed by atoms with van der Waals surface area (Å²) < 4.78 is 42.3.